The fourth-order valence-electron chi connectivity index (χ4n) is 1.12. The summed E-state index contributed by atoms with van der Waals surface area (Å²) in [6, 6.07) is 0. The number of aromatic nitrogens is 6. The molecule has 7 nitrogen and oxygen atoms in total. The standard InChI is InChI=1S/C7H11N7/c1-5-7(8)11-12-14(5)3-6-9-4-10-13(6)2/h4H,3,8H2,1-2H3. The van der Waals surface area contributed by atoms with Gasteiger partial charge in [-0.15, -0.1) is 5.10 Å². The molecule has 0 amide bonds. The Morgan fingerprint density at radius 3 is 2.79 bits per heavy atom. The highest BCUT2D eigenvalue weighted by atomic mass is 15.5. The number of anilines is 1. The molecule has 2 N–H and O–H groups in total. The molecule has 0 radical (unpaired) electrons. The van der Waals surface area contributed by atoms with E-state index in [0.717, 1.165) is 11.5 Å². The van der Waals surface area contributed by atoms with Gasteiger partial charge in [0.2, 0.25) is 0 Å². The van der Waals surface area contributed by atoms with E-state index in [0.29, 0.717) is 12.4 Å². The second kappa shape index (κ2) is 3.09. The highest BCUT2D eigenvalue weighted by Gasteiger charge is 2.07. The van der Waals surface area contributed by atoms with Crippen molar-refractivity contribution in [3.8, 4) is 0 Å². The van der Waals surface area contributed by atoms with Crippen molar-refractivity contribution in [1.82, 2.24) is 29.8 Å². The maximum absolute atomic E-state index is 5.57. The third-order valence-electron chi connectivity index (χ3n) is 2.11. The molecule has 7 heteroatoms. The molecule has 74 valence electrons. The van der Waals surface area contributed by atoms with Crippen molar-refractivity contribution in [1.29, 1.82) is 0 Å². The fourth-order valence-corrected chi connectivity index (χ4v) is 1.12. The molecule has 0 aliphatic carbocycles. The van der Waals surface area contributed by atoms with Crippen LogP contribution in [0.2, 0.25) is 0 Å². The predicted octanol–water partition coefficient (Wildman–Crippen LogP) is -0.654. The van der Waals surface area contributed by atoms with Gasteiger partial charge in [0, 0.05) is 7.05 Å². The van der Waals surface area contributed by atoms with Gasteiger partial charge in [0.1, 0.15) is 18.7 Å². The number of hydrogen-bond acceptors (Lipinski definition) is 5. The molecule has 0 aromatic carbocycles. The van der Waals surface area contributed by atoms with Crippen LogP contribution in [0.25, 0.3) is 0 Å². The lowest BCUT2D eigenvalue weighted by atomic mass is 10.4. The first kappa shape index (κ1) is 8.67. The largest absolute Gasteiger partial charge is 0.381 e. The van der Waals surface area contributed by atoms with Gasteiger partial charge >= 0.3 is 0 Å². The summed E-state index contributed by atoms with van der Waals surface area (Å²) in [6.45, 7) is 2.40. The molecule has 14 heavy (non-hydrogen) atoms. The summed E-state index contributed by atoms with van der Waals surface area (Å²) in [5.74, 6) is 1.27. The van der Waals surface area contributed by atoms with Crippen LogP contribution in [0.1, 0.15) is 11.5 Å². The van der Waals surface area contributed by atoms with Crippen LogP contribution in [-0.4, -0.2) is 29.8 Å². The molecule has 2 heterocycles. The molecule has 2 rings (SSSR count). The van der Waals surface area contributed by atoms with Crippen LogP contribution in [0.5, 0.6) is 0 Å². The Morgan fingerprint density at radius 1 is 1.50 bits per heavy atom. The van der Waals surface area contributed by atoms with Crippen LogP contribution >= 0.6 is 0 Å². The molecular weight excluding hydrogens is 182 g/mol. The second-order valence-electron chi connectivity index (χ2n) is 3.02. The van der Waals surface area contributed by atoms with Crippen molar-refractivity contribution in [3.63, 3.8) is 0 Å². The summed E-state index contributed by atoms with van der Waals surface area (Å²) < 4.78 is 3.39. The summed E-state index contributed by atoms with van der Waals surface area (Å²) in [4.78, 5) is 4.08. The third kappa shape index (κ3) is 1.32. The molecule has 0 aliphatic heterocycles. The molecule has 2 aromatic rings. The topological polar surface area (TPSA) is 87.4 Å². The Labute approximate surface area is 80.5 Å². The van der Waals surface area contributed by atoms with E-state index in [1.165, 1.54) is 6.33 Å². The zero-order chi connectivity index (χ0) is 10.1. The molecule has 0 saturated heterocycles. The van der Waals surface area contributed by atoms with Gasteiger partial charge in [0.15, 0.2) is 5.82 Å². The number of hydrogen-bond donors (Lipinski definition) is 1. The number of aryl methyl sites for hydroxylation is 1. The number of nitrogens with zero attached hydrogens (tertiary/aromatic N) is 6. The van der Waals surface area contributed by atoms with E-state index in [9.17, 15) is 0 Å². The summed E-state index contributed by atoms with van der Waals surface area (Å²) >= 11 is 0. The maximum Gasteiger partial charge on any atom is 0.168 e. The molecule has 0 fully saturated rings. The van der Waals surface area contributed by atoms with Crippen molar-refractivity contribution in [2.24, 2.45) is 7.05 Å². The maximum atomic E-state index is 5.57. The summed E-state index contributed by atoms with van der Waals surface area (Å²) in [6.07, 6.45) is 1.50. The second-order valence-corrected chi connectivity index (χ2v) is 3.02. The minimum absolute atomic E-state index is 0.451. The van der Waals surface area contributed by atoms with Gasteiger partial charge < -0.3 is 5.73 Å². The van der Waals surface area contributed by atoms with Crippen LogP contribution in [0.4, 0.5) is 5.82 Å². The Hall–Kier alpha value is -1.92. The normalized spacial score (nSPS) is 10.7. The molecule has 0 saturated carbocycles. The Morgan fingerprint density at radius 2 is 2.29 bits per heavy atom. The summed E-state index contributed by atoms with van der Waals surface area (Å²) in [5.41, 5.74) is 6.41. The van der Waals surface area contributed by atoms with Crippen molar-refractivity contribution in [2.45, 2.75) is 13.5 Å². The lowest BCUT2D eigenvalue weighted by molar-refractivity contribution is 0.578. The Balaban J connectivity index is 2.27. The minimum Gasteiger partial charge on any atom is -0.381 e. The van der Waals surface area contributed by atoms with E-state index in [2.05, 4.69) is 20.4 Å². The van der Waals surface area contributed by atoms with Gasteiger partial charge in [0.05, 0.1) is 5.69 Å². The predicted molar refractivity (Wildman–Crippen MR) is 49.3 cm³/mol. The lowest BCUT2D eigenvalue weighted by Gasteiger charge is -2.01. The summed E-state index contributed by atoms with van der Waals surface area (Å²) in [7, 11) is 1.83. The van der Waals surface area contributed by atoms with Crippen LogP contribution in [0.3, 0.4) is 0 Å². The molecule has 0 atom stereocenters. The van der Waals surface area contributed by atoms with Crippen molar-refractivity contribution in [2.75, 3.05) is 5.73 Å². The van der Waals surface area contributed by atoms with E-state index >= 15 is 0 Å². The van der Waals surface area contributed by atoms with Crippen molar-refractivity contribution in [3.05, 3.63) is 17.8 Å². The zero-order valence-corrected chi connectivity index (χ0v) is 8.05. The van der Waals surface area contributed by atoms with E-state index in [1.807, 2.05) is 14.0 Å². The molecule has 0 bridgehead atoms. The van der Waals surface area contributed by atoms with Crippen LogP contribution in [0, 0.1) is 6.92 Å². The average Bonchev–Trinajstić information content (AvgIpc) is 2.68. The first-order valence-electron chi connectivity index (χ1n) is 4.17. The van der Waals surface area contributed by atoms with Gasteiger partial charge in [-0.1, -0.05) is 5.21 Å². The van der Waals surface area contributed by atoms with Crippen LogP contribution < -0.4 is 5.73 Å². The number of nitrogen functional groups attached to an aromatic ring is 1. The lowest BCUT2D eigenvalue weighted by Crippen LogP contribution is -2.09. The molecular formula is C7H11N7. The molecule has 0 spiro atoms. The number of nitrogens with two attached hydrogens (primary N) is 1. The van der Waals surface area contributed by atoms with E-state index in [-0.39, 0.29) is 0 Å². The minimum atomic E-state index is 0.451. The van der Waals surface area contributed by atoms with Crippen molar-refractivity contribution < 1.29 is 0 Å². The third-order valence-corrected chi connectivity index (χ3v) is 2.11. The van der Waals surface area contributed by atoms with E-state index in [4.69, 9.17) is 5.73 Å². The SMILES string of the molecule is Cc1c(N)nnn1Cc1ncnn1C. The van der Waals surface area contributed by atoms with E-state index < -0.39 is 0 Å². The molecule has 0 aliphatic rings. The molecule has 0 unspecified atom stereocenters. The number of rotatable bonds is 2. The highest BCUT2D eigenvalue weighted by Crippen LogP contribution is 2.06. The van der Waals surface area contributed by atoms with Crippen molar-refractivity contribution >= 4 is 5.82 Å². The summed E-state index contributed by atoms with van der Waals surface area (Å²) in [5, 5.41) is 11.6. The quantitative estimate of drug-likeness (QED) is 0.684. The van der Waals surface area contributed by atoms with Gasteiger partial charge in [-0.05, 0) is 6.92 Å². The first-order chi connectivity index (χ1) is 6.68. The Bertz CT molecular complexity index is 441. The van der Waals surface area contributed by atoms with Gasteiger partial charge in [0.25, 0.3) is 0 Å². The van der Waals surface area contributed by atoms with Crippen LogP contribution in [-0.2, 0) is 13.6 Å². The van der Waals surface area contributed by atoms with E-state index in [1.54, 1.807) is 9.36 Å². The highest BCUT2D eigenvalue weighted by molar-refractivity contribution is 5.31. The monoisotopic (exact) mass is 193 g/mol. The van der Waals surface area contributed by atoms with Gasteiger partial charge in [-0.25, -0.2) is 9.67 Å². The first-order valence-corrected chi connectivity index (χ1v) is 4.17. The fraction of sp³-hybridized carbons (Fsp3) is 0.429. The average molecular weight is 193 g/mol. The Kier molecular flexibility index (Phi) is 1.91. The van der Waals surface area contributed by atoms with Gasteiger partial charge in [-0.3, -0.25) is 4.68 Å². The smallest absolute Gasteiger partial charge is 0.168 e. The molecule has 2 aromatic heterocycles. The zero-order valence-electron chi connectivity index (χ0n) is 8.05. The van der Waals surface area contributed by atoms with Crippen LogP contribution in [0.15, 0.2) is 6.33 Å². The van der Waals surface area contributed by atoms with Gasteiger partial charge in [-0.2, -0.15) is 5.10 Å².